The zero-order valence-electron chi connectivity index (χ0n) is 15.4. The second-order valence-corrected chi connectivity index (χ2v) is 7.39. The van der Waals surface area contributed by atoms with Gasteiger partial charge in [0.15, 0.2) is 0 Å². The number of aromatic nitrogens is 3. The van der Waals surface area contributed by atoms with Gasteiger partial charge in [0.1, 0.15) is 18.0 Å². The van der Waals surface area contributed by atoms with Crippen LogP contribution in [0.5, 0.6) is 0 Å². The van der Waals surface area contributed by atoms with E-state index in [0.29, 0.717) is 12.0 Å². The minimum atomic E-state index is 0.646. The molecule has 138 valence electrons. The van der Waals surface area contributed by atoms with E-state index in [2.05, 4.69) is 31.2 Å². The molecule has 26 heavy (non-hydrogen) atoms. The Morgan fingerprint density at radius 3 is 2.85 bits per heavy atom. The lowest BCUT2D eigenvalue weighted by atomic mass is 9.91. The number of anilines is 2. The Balaban J connectivity index is 1.33. The smallest absolute Gasteiger partial charge is 0.135 e. The predicted molar refractivity (Wildman–Crippen MR) is 102 cm³/mol. The summed E-state index contributed by atoms with van der Waals surface area (Å²) in [5.41, 5.74) is 2.22. The molecule has 0 aliphatic carbocycles. The minimum Gasteiger partial charge on any atom is -0.380 e. The van der Waals surface area contributed by atoms with E-state index in [4.69, 9.17) is 4.74 Å². The molecule has 0 unspecified atom stereocenters. The molecule has 4 heterocycles. The maximum absolute atomic E-state index is 5.53. The summed E-state index contributed by atoms with van der Waals surface area (Å²) in [7, 11) is 0. The molecule has 1 atom stereocenters. The van der Waals surface area contributed by atoms with Crippen LogP contribution in [0.25, 0.3) is 0 Å². The number of rotatable bonds is 5. The number of likely N-dealkylation sites (tertiary alicyclic amines) is 1. The van der Waals surface area contributed by atoms with Crippen LogP contribution in [0.15, 0.2) is 30.7 Å². The van der Waals surface area contributed by atoms with Gasteiger partial charge in [0, 0.05) is 30.6 Å². The molecule has 6 nitrogen and oxygen atoms in total. The summed E-state index contributed by atoms with van der Waals surface area (Å²) >= 11 is 0. The number of hydrogen-bond donors (Lipinski definition) is 1. The summed E-state index contributed by atoms with van der Waals surface area (Å²) in [6.45, 7) is 6.25. The number of aryl methyl sites for hydroxylation is 1. The first kappa shape index (κ1) is 17.4. The summed E-state index contributed by atoms with van der Waals surface area (Å²) in [6, 6.07) is 6.69. The predicted octanol–water partition coefficient (Wildman–Crippen LogP) is 2.97. The maximum Gasteiger partial charge on any atom is 0.135 e. The molecule has 0 bridgehead atoms. The fourth-order valence-electron chi connectivity index (χ4n) is 3.94. The van der Waals surface area contributed by atoms with Gasteiger partial charge in [-0.1, -0.05) is 6.07 Å². The molecule has 0 saturated carbocycles. The Morgan fingerprint density at radius 1 is 1.19 bits per heavy atom. The molecule has 2 saturated heterocycles. The first-order valence-electron chi connectivity index (χ1n) is 9.59. The Kier molecular flexibility index (Phi) is 5.41. The molecule has 0 amide bonds. The van der Waals surface area contributed by atoms with Gasteiger partial charge in [-0.05, 0) is 63.2 Å². The van der Waals surface area contributed by atoms with Crippen LogP contribution in [0, 0.1) is 12.8 Å². The molecular weight excluding hydrogens is 326 g/mol. The molecule has 2 aromatic heterocycles. The second kappa shape index (κ2) is 8.10. The number of ether oxygens (including phenoxy) is 1. The molecule has 2 fully saturated rings. The van der Waals surface area contributed by atoms with Crippen molar-refractivity contribution in [2.24, 2.45) is 5.92 Å². The SMILES string of the molecule is Cc1cccnc1Nc1cc(CC2CCN([C@H]3CCOC3)CC2)ncn1. The van der Waals surface area contributed by atoms with Crippen LogP contribution in [0.2, 0.25) is 0 Å². The molecule has 0 spiro atoms. The molecule has 2 aromatic rings. The van der Waals surface area contributed by atoms with Crippen molar-refractivity contribution in [1.29, 1.82) is 0 Å². The lowest BCUT2D eigenvalue weighted by Crippen LogP contribution is -2.42. The number of piperidine rings is 1. The molecule has 0 aromatic carbocycles. The van der Waals surface area contributed by atoms with Crippen LogP contribution in [-0.4, -0.2) is 52.2 Å². The fraction of sp³-hybridized carbons (Fsp3) is 0.550. The Morgan fingerprint density at radius 2 is 2.08 bits per heavy atom. The van der Waals surface area contributed by atoms with E-state index >= 15 is 0 Å². The van der Waals surface area contributed by atoms with E-state index in [1.54, 1.807) is 12.5 Å². The maximum atomic E-state index is 5.53. The highest BCUT2D eigenvalue weighted by Gasteiger charge is 2.27. The topological polar surface area (TPSA) is 63.2 Å². The number of nitrogens with one attached hydrogen (secondary N) is 1. The van der Waals surface area contributed by atoms with Crippen molar-refractivity contribution in [1.82, 2.24) is 19.9 Å². The third kappa shape index (κ3) is 4.19. The molecule has 4 rings (SSSR count). The zero-order chi connectivity index (χ0) is 17.8. The fourth-order valence-corrected chi connectivity index (χ4v) is 3.94. The van der Waals surface area contributed by atoms with Crippen LogP contribution in [-0.2, 0) is 11.2 Å². The van der Waals surface area contributed by atoms with E-state index in [1.807, 2.05) is 19.1 Å². The van der Waals surface area contributed by atoms with Gasteiger partial charge in [0.05, 0.1) is 6.61 Å². The van der Waals surface area contributed by atoms with Crippen molar-refractivity contribution in [3.63, 3.8) is 0 Å². The van der Waals surface area contributed by atoms with Gasteiger partial charge >= 0.3 is 0 Å². The average molecular weight is 353 g/mol. The summed E-state index contributed by atoms with van der Waals surface area (Å²) in [4.78, 5) is 15.8. The van der Waals surface area contributed by atoms with Gasteiger partial charge in [-0.3, -0.25) is 4.90 Å². The van der Waals surface area contributed by atoms with E-state index < -0.39 is 0 Å². The van der Waals surface area contributed by atoms with Crippen LogP contribution < -0.4 is 5.32 Å². The highest BCUT2D eigenvalue weighted by atomic mass is 16.5. The molecule has 6 heteroatoms. The van der Waals surface area contributed by atoms with Crippen molar-refractivity contribution in [3.8, 4) is 0 Å². The van der Waals surface area contributed by atoms with Crippen molar-refractivity contribution in [2.45, 2.75) is 38.6 Å². The van der Waals surface area contributed by atoms with Crippen molar-refractivity contribution >= 4 is 11.6 Å². The lowest BCUT2D eigenvalue weighted by molar-refractivity contribution is 0.110. The molecule has 2 aliphatic heterocycles. The molecular formula is C20H27N5O. The largest absolute Gasteiger partial charge is 0.380 e. The number of hydrogen-bond acceptors (Lipinski definition) is 6. The first-order chi connectivity index (χ1) is 12.8. The quantitative estimate of drug-likeness (QED) is 0.892. The van der Waals surface area contributed by atoms with Crippen molar-refractivity contribution < 1.29 is 4.74 Å². The normalized spacial score (nSPS) is 21.8. The van der Waals surface area contributed by atoms with E-state index in [-0.39, 0.29) is 0 Å². The highest BCUT2D eigenvalue weighted by molar-refractivity contribution is 5.55. The number of nitrogens with zero attached hydrogens (tertiary/aromatic N) is 4. The van der Waals surface area contributed by atoms with E-state index in [9.17, 15) is 0 Å². The Bertz CT molecular complexity index is 724. The van der Waals surface area contributed by atoms with Gasteiger partial charge in [-0.2, -0.15) is 0 Å². The molecule has 1 N–H and O–H groups in total. The standard InChI is InChI=1S/C20H27N5O/c1-15-3-2-7-21-20(15)24-19-12-17(22-14-23-19)11-16-4-8-25(9-5-16)18-6-10-26-13-18/h2-3,7,12,14,16,18H,4-6,8-11,13H2,1H3,(H,21,22,23,24)/t18-/m0/s1. The highest BCUT2D eigenvalue weighted by Crippen LogP contribution is 2.25. The Labute approximate surface area is 155 Å². The molecule has 2 aliphatic rings. The summed E-state index contributed by atoms with van der Waals surface area (Å²) in [6.07, 6.45) is 8.14. The monoisotopic (exact) mass is 353 g/mol. The van der Waals surface area contributed by atoms with Crippen molar-refractivity contribution in [3.05, 3.63) is 42.0 Å². The van der Waals surface area contributed by atoms with Gasteiger partial charge in [-0.15, -0.1) is 0 Å². The third-order valence-electron chi connectivity index (χ3n) is 5.55. The van der Waals surface area contributed by atoms with E-state index in [0.717, 1.165) is 42.5 Å². The van der Waals surface area contributed by atoms with Crippen LogP contribution >= 0.6 is 0 Å². The average Bonchev–Trinajstić information content (AvgIpc) is 3.19. The summed E-state index contributed by atoms with van der Waals surface area (Å²) in [5, 5.41) is 3.31. The van der Waals surface area contributed by atoms with Crippen LogP contribution in [0.4, 0.5) is 11.6 Å². The lowest BCUT2D eigenvalue weighted by Gasteiger charge is -2.35. The number of pyridine rings is 1. The zero-order valence-corrected chi connectivity index (χ0v) is 15.4. The third-order valence-corrected chi connectivity index (χ3v) is 5.55. The van der Waals surface area contributed by atoms with Gasteiger partial charge in [0.2, 0.25) is 0 Å². The van der Waals surface area contributed by atoms with Crippen LogP contribution in [0.1, 0.15) is 30.5 Å². The van der Waals surface area contributed by atoms with Gasteiger partial charge in [-0.25, -0.2) is 15.0 Å². The van der Waals surface area contributed by atoms with Crippen molar-refractivity contribution in [2.75, 3.05) is 31.6 Å². The summed E-state index contributed by atoms with van der Waals surface area (Å²) < 4.78 is 5.53. The van der Waals surface area contributed by atoms with Gasteiger partial charge in [0.25, 0.3) is 0 Å². The van der Waals surface area contributed by atoms with Crippen LogP contribution in [0.3, 0.4) is 0 Å². The van der Waals surface area contributed by atoms with E-state index in [1.165, 1.54) is 32.4 Å². The second-order valence-electron chi connectivity index (χ2n) is 7.39. The Hall–Kier alpha value is -2.05. The van der Waals surface area contributed by atoms with Gasteiger partial charge < -0.3 is 10.1 Å². The molecule has 0 radical (unpaired) electrons. The summed E-state index contributed by atoms with van der Waals surface area (Å²) in [5.74, 6) is 2.37. The first-order valence-corrected chi connectivity index (χ1v) is 9.59. The minimum absolute atomic E-state index is 0.646.